The molecular weight excluding hydrogens is 224 g/mol. The van der Waals surface area contributed by atoms with Crippen molar-refractivity contribution in [3.05, 3.63) is 35.4 Å². The summed E-state index contributed by atoms with van der Waals surface area (Å²) in [4.78, 5) is 23.9. The Labute approximate surface area is 108 Å². The number of benzene rings is 1. The van der Waals surface area contributed by atoms with Gasteiger partial charge in [-0.15, -0.1) is 0 Å². The maximum absolute atomic E-state index is 12.2. The van der Waals surface area contributed by atoms with Gasteiger partial charge in [0, 0.05) is 12.0 Å². The average Bonchev–Trinajstić information content (AvgIpc) is 2.32. The summed E-state index contributed by atoms with van der Waals surface area (Å²) >= 11 is 0. The fourth-order valence-corrected chi connectivity index (χ4v) is 3.24. The molecule has 2 heteroatoms. The van der Waals surface area contributed by atoms with Crippen LogP contribution in [-0.4, -0.2) is 12.1 Å². The van der Waals surface area contributed by atoms with Crippen molar-refractivity contribution in [2.45, 2.75) is 39.5 Å². The quantitative estimate of drug-likeness (QED) is 0.710. The highest BCUT2D eigenvalue weighted by molar-refractivity contribution is 6.01. The molecule has 0 radical (unpaired) electrons. The molecule has 0 bridgehead atoms. The van der Waals surface area contributed by atoms with Crippen LogP contribution < -0.4 is 0 Å². The van der Waals surface area contributed by atoms with Gasteiger partial charge in [-0.2, -0.15) is 0 Å². The van der Waals surface area contributed by atoms with Crippen molar-refractivity contribution in [2.75, 3.05) is 0 Å². The topological polar surface area (TPSA) is 34.1 Å². The van der Waals surface area contributed by atoms with Crippen molar-refractivity contribution >= 4 is 12.1 Å². The number of carbonyl (C=O) groups excluding carboxylic acids is 2. The van der Waals surface area contributed by atoms with Crippen molar-refractivity contribution < 1.29 is 9.59 Å². The Morgan fingerprint density at radius 2 is 1.89 bits per heavy atom. The van der Waals surface area contributed by atoms with Crippen LogP contribution >= 0.6 is 0 Å². The summed E-state index contributed by atoms with van der Waals surface area (Å²) in [6.45, 7) is 8.25. The first-order valence-electron chi connectivity index (χ1n) is 6.40. The number of aldehydes is 1. The molecule has 1 aliphatic carbocycles. The number of rotatable bonds is 1. The SMILES string of the molecule is CC(C)(C)C1CC(=O)c2ccccc2C1(C)C=O. The zero-order valence-electron chi connectivity index (χ0n) is 11.5. The van der Waals surface area contributed by atoms with Crippen LogP contribution in [0.4, 0.5) is 0 Å². The molecule has 18 heavy (non-hydrogen) atoms. The molecule has 0 saturated heterocycles. The number of Topliss-reactive ketones (excluding diaryl/α,β-unsaturated/α-hetero) is 1. The van der Waals surface area contributed by atoms with Crippen LogP contribution in [0.25, 0.3) is 0 Å². The lowest BCUT2D eigenvalue weighted by atomic mass is 9.57. The largest absolute Gasteiger partial charge is 0.302 e. The minimum absolute atomic E-state index is 0.0462. The van der Waals surface area contributed by atoms with Gasteiger partial charge in [0.25, 0.3) is 0 Å². The maximum Gasteiger partial charge on any atom is 0.163 e. The fourth-order valence-electron chi connectivity index (χ4n) is 3.24. The molecule has 2 unspecified atom stereocenters. The Bertz CT molecular complexity index is 496. The van der Waals surface area contributed by atoms with Crippen LogP contribution in [0.5, 0.6) is 0 Å². The molecule has 0 aliphatic heterocycles. The van der Waals surface area contributed by atoms with E-state index in [9.17, 15) is 9.59 Å². The van der Waals surface area contributed by atoms with Gasteiger partial charge in [0.05, 0.1) is 5.41 Å². The predicted octanol–water partition coefficient (Wildman–Crippen LogP) is 3.39. The highest BCUT2D eigenvalue weighted by Gasteiger charge is 2.48. The summed E-state index contributed by atoms with van der Waals surface area (Å²) in [6.07, 6.45) is 1.48. The van der Waals surface area contributed by atoms with E-state index < -0.39 is 5.41 Å². The Morgan fingerprint density at radius 3 is 2.44 bits per heavy atom. The van der Waals surface area contributed by atoms with Crippen molar-refractivity contribution in [2.24, 2.45) is 11.3 Å². The molecule has 1 aromatic carbocycles. The normalized spacial score (nSPS) is 27.8. The molecule has 0 N–H and O–H groups in total. The van der Waals surface area contributed by atoms with Gasteiger partial charge < -0.3 is 4.79 Å². The van der Waals surface area contributed by atoms with E-state index in [1.165, 1.54) is 0 Å². The van der Waals surface area contributed by atoms with E-state index >= 15 is 0 Å². The minimum Gasteiger partial charge on any atom is -0.302 e. The molecule has 1 aliphatic rings. The molecule has 2 atom stereocenters. The predicted molar refractivity (Wildman–Crippen MR) is 71.8 cm³/mol. The lowest BCUT2D eigenvalue weighted by Gasteiger charge is -2.45. The molecule has 0 amide bonds. The summed E-state index contributed by atoms with van der Waals surface area (Å²) in [5.41, 5.74) is 0.963. The summed E-state index contributed by atoms with van der Waals surface area (Å²) in [6, 6.07) is 7.51. The molecule has 0 spiro atoms. The first-order valence-corrected chi connectivity index (χ1v) is 6.40. The number of ketones is 1. The van der Waals surface area contributed by atoms with Crippen molar-refractivity contribution in [1.82, 2.24) is 0 Å². The van der Waals surface area contributed by atoms with Gasteiger partial charge in [-0.25, -0.2) is 0 Å². The number of hydrogen-bond donors (Lipinski definition) is 0. The fraction of sp³-hybridized carbons (Fsp3) is 0.500. The van der Waals surface area contributed by atoms with Crippen LogP contribution in [0.2, 0.25) is 0 Å². The van der Waals surface area contributed by atoms with Crippen LogP contribution in [-0.2, 0) is 10.2 Å². The molecular formula is C16H20O2. The third-order valence-electron chi connectivity index (χ3n) is 4.21. The molecule has 96 valence electrons. The van der Waals surface area contributed by atoms with Gasteiger partial charge >= 0.3 is 0 Å². The highest BCUT2D eigenvalue weighted by atomic mass is 16.1. The van der Waals surface area contributed by atoms with Crippen molar-refractivity contribution in [3.8, 4) is 0 Å². The maximum atomic E-state index is 12.2. The molecule has 2 rings (SSSR count). The lowest BCUT2D eigenvalue weighted by molar-refractivity contribution is -0.115. The van der Waals surface area contributed by atoms with Crippen LogP contribution in [0.1, 0.15) is 50.0 Å². The van der Waals surface area contributed by atoms with Crippen LogP contribution in [0, 0.1) is 11.3 Å². The molecule has 2 nitrogen and oxygen atoms in total. The third kappa shape index (κ3) is 1.80. The van der Waals surface area contributed by atoms with E-state index in [2.05, 4.69) is 20.8 Å². The van der Waals surface area contributed by atoms with E-state index in [0.29, 0.717) is 12.0 Å². The summed E-state index contributed by atoms with van der Waals surface area (Å²) in [7, 11) is 0. The van der Waals surface area contributed by atoms with Gasteiger partial charge in [0.15, 0.2) is 5.78 Å². The van der Waals surface area contributed by atoms with Crippen molar-refractivity contribution in [3.63, 3.8) is 0 Å². The second kappa shape index (κ2) is 4.04. The number of fused-ring (bicyclic) bond motifs is 1. The molecule has 0 saturated carbocycles. The van der Waals surface area contributed by atoms with Crippen LogP contribution in [0.15, 0.2) is 24.3 Å². The molecule has 0 heterocycles. The van der Waals surface area contributed by atoms with Gasteiger partial charge in [0.2, 0.25) is 0 Å². The highest BCUT2D eigenvalue weighted by Crippen LogP contribution is 2.48. The van der Waals surface area contributed by atoms with E-state index in [1.807, 2.05) is 31.2 Å². The Morgan fingerprint density at radius 1 is 1.28 bits per heavy atom. The second-order valence-corrected chi connectivity index (χ2v) is 6.49. The minimum atomic E-state index is -0.567. The first-order chi connectivity index (χ1) is 8.30. The Hall–Kier alpha value is -1.44. The molecule has 0 fully saturated rings. The first kappa shape index (κ1) is 13.0. The standard InChI is InChI=1S/C16H20O2/c1-15(2,3)14-9-13(18)11-7-5-6-8-12(11)16(14,4)10-17/h5-8,10,14H,9H2,1-4H3. The monoisotopic (exact) mass is 244 g/mol. The summed E-state index contributed by atoms with van der Waals surface area (Å²) < 4.78 is 0. The third-order valence-corrected chi connectivity index (χ3v) is 4.21. The number of hydrogen-bond acceptors (Lipinski definition) is 2. The molecule has 1 aromatic rings. The van der Waals surface area contributed by atoms with E-state index in [-0.39, 0.29) is 17.1 Å². The average molecular weight is 244 g/mol. The lowest BCUT2D eigenvalue weighted by Crippen LogP contribution is -2.46. The van der Waals surface area contributed by atoms with Crippen molar-refractivity contribution in [1.29, 1.82) is 0 Å². The van der Waals surface area contributed by atoms with Gasteiger partial charge in [-0.1, -0.05) is 45.0 Å². The zero-order chi connectivity index (χ0) is 13.6. The van der Waals surface area contributed by atoms with Gasteiger partial charge in [-0.05, 0) is 23.8 Å². The van der Waals surface area contributed by atoms with E-state index in [0.717, 1.165) is 11.8 Å². The van der Waals surface area contributed by atoms with E-state index in [4.69, 9.17) is 0 Å². The zero-order valence-corrected chi connectivity index (χ0v) is 11.5. The van der Waals surface area contributed by atoms with Crippen LogP contribution in [0.3, 0.4) is 0 Å². The second-order valence-electron chi connectivity index (χ2n) is 6.49. The van der Waals surface area contributed by atoms with Gasteiger partial charge in [0.1, 0.15) is 6.29 Å². The smallest absolute Gasteiger partial charge is 0.163 e. The summed E-state index contributed by atoms with van der Waals surface area (Å²) in [5, 5.41) is 0. The summed E-state index contributed by atoms with van der Waals surface area (Å²) in [5.74, 6) is 0.203. The molecule has 0 aromatic heterocycles. The Balaban J connectivity index is 2.66. The van der Waals surface area contributed by atoms with E-state index in [1.54, 1.807) is 0 Å². The number of carbonyl (C=O) groups is 2. The Kier molecular flexibility index (Phi) is 2.92. The van der Waals surface area contributed by atoms with Gasteiger partial charge in [-0.3, -0.25) is 4.79 Å².